The maximum Gasteiger partial charge on any atom is 0.449 e. The van der Waals surface area contributed by atoms with Crippen LogP contribution in [0.3, 0.4) is 0 Å². The highest BCUT2D eigenvalue weighted by atomic mass is 35.5. The van der Waals surface area contributed by atoms with E-state index in [0.717, 1.165) is 0 Å². The molecule has 4 aromatic rings. The molecule has 2 aromatic heterocycles. The summed E-state index contributed by atoms with van der Waals surface area (Å²) in [5.74, 6) is -3.08. The third-order valence-corrected chi connectivity index (χ3v) is 8.53. The lowest BCUT2D eigenvalue weighted by Gasteiger charge is -2.29. The number of anilines is 1. The van der Waals surface area contributed by atoms with E-state index in [0.29, 0.717) is 10.1 Å². The number of fused-ring (bicyclic) bond motifs is 1. The van der Waals surface area contributed by atoms with Gasteiger partial charge in [0.1, 0.15) is 0 Å². The minimum atomic E-state index is -6.55. The lowest BCUT2D eigenvalue weighted by molar-refractivity contribution is -0.349. The molecule has 0 saturated carbocycles. The third-order valence-electron chi connectivity index (χ3n) is 7.25. The number of nitrogens with one attached hydrogen (secondary N) is 2. The molecule has 2 amide bonds. The Morgan fingerprint density at radius 3 is 2.16 bits per heavy atom. The zero-order valence-electron chi connectivity index (χ0n) is 25.7. The zero-order chi connectivity index (χ0) is 37.6. The van der Waals surface area contributed by atoms with Gasteiger partial charge < -0.3 is 15.2 Å². The Morgan fingerprint density at radius 1 is 0.960 bits per heavy atom. The number of aromatic nitrogens is 3. The summed E-state index contributed by atoms with van der Waals surface area (Å²) in [6, 6.07) is 7.36. The molecule has 4 rings (SSSR count). The highest BCUT2D eigenvalue weighted by molar-refractivity contribution is 7.84. The second-order valence-electron chi connectivity index (χ2n) is 11.1. The van der Waals surface area contributed by atoms with Gasteiger partial charge in [0.2, 0.25) is 5.82 Å². The summed E-state index contributed by atoms with van der Waals surface area (Å²) in [6.07, 6.45) is -16.7. The van der Waals surface area contributed by atoms with Crippen molar-refractivity contribution in [2.75, 3.05) is 17.3 Å². The van der Waals surface area contributed by atoms with Gasteiger partial charge in [0.25, 0.3) is 11.8 Å². The lowest BCUT2D eigenvalue weighted by atomic mass is 9.99. The predicted molar refractivity (Wildman–Crippen MR) is 163 cm³/mol. The lowest BCUT2D eigenvalue weighted by Crippen LogP contribution is -2.50. The first-order chi connectivity index (χ1) is 23.0. The van der Waals surface area contributed by atoms with E-state index >= 15 is 0 Å². The number of nitrogens with zero attached hydrogens (tertiary/aromatic N) is 3. The van der Waals surface area contributed by atoms with E-state index in [2.05, 4.69) is 20.6 Å². The topological polar surface area (TPSA) is 106 Å². The molecule has 270 valence electrons. The fraction of sp³-hybridized carbons (Fsp3) is 0.333. The average molecular weight is 760 g/mol. The molecule has 1 unspecified atom stereocenters. The Balaban J connectivity index is 1.66. The normalized spacial score (nSPS) is 14.0. The molecule has 8 nitrogen and oxygen atoms in total. The first-order valence-electron chi connectivity index (χ1n) is 14.0. The van der Waals surface area contributed by atoms with Crippen LogP contribution in [0.25, 0.3) is 11.0 Å². The number of carbonyl (C=O) groups is 2. The molecule has 2 N–H and O–H groups in total. The van der Waals surface area contributed by atoms with E-state index in [1.165, 1.54) is 49.6 Å². The van der Waals surface area contributed by atoms with Crippen LogP contribution in [-0.2, 0) is 29.2 Å². The van der Waals surface area contributed by atoms with Crippen LogP contribution in [0.2, 0.25) is 5.02 Å². The van der Waals surface area contributed by atoms with Gasteiger partial charge in [-0.15, -0.1) is 0 Å². The van der Waals surface area contributed by atoms with E-state index in [1.807, 2.05) is 0 Å². The molecule has 0 saturated heterocycles. The van der Waals surface area contributed by atoms with Crippen molar-refractivity contribution in [3.05, 3.63) is 87.5 Å². The highest BCUT2D eigenvalue weighted by Crippen LogP contribution is 2.53. The van der Waals surface area contributed by atoms with Gasteiger partial charge in [-0.1, -0.05) is 29.8 Å². The molecule has 0 spiro atoms. The Kier molecular flexibility index (Phi) is 10.6. The minimum Gasteiger partial charge on any atom is -0.349 e. The summed E-state index contributed by atoms with van der Waals surface area (Å²) >= 11 is 6.23. The largest absolute Gasteiger partial charge is 0.449 e. The number of hydrogen-bond donors (Lipinski definition) is 2. The van der Waals surface area contributed by atoms with Crippen molar-refractivity contribution in [1.29, 1.82) is 0 Å². The quantitative estimate of drug-likeness (QED) is 0.172. The van der Waals surface area contributed by atoms with E-state index in [4.69, 9.17) is 11.6 Å². The van der Waals surface area contributed by atoms with Gasteiger partial charge in [-0.2, -0.15) is 39.5 Å². The van der Waals surface area contributed by atoms with E-state index in [9.17, 15) is 57.7 Å². The van der Waals surface area contributed by atoms with Gasteiger partial charge in [0.15, 0.2) is 0 Å². The number of pyridine rings is 1. The number of benzene rings is 2. The van der Waals surface area contributed by atoms with Gasteiger partial charge in [0, 0.05) is 41.1 Å². The second-order valence-corrected chi connectivity index (χ2v) is 13.0. The molecule has 0 radical (unpaired) electrons. The molecule has 20 heteroatoms. The summed E-state index contributed by atoms with van der Waals surface area (Å²) in [4.78, 5) is 32.3. The SMILES string of the molecule is Cc1cc(Cn2c(C(F)(F)F)nc3cc(C(F)(C(F)(F)F)C(F)(F)F)ncc32)ccc1NC(=O)c1cccc(Cl)c1C(=O)N[C@@H](C)CS(C)=O. The summed E-state index contributed by atoms with van der Waals surface area (Å²) in [6.45, 7) is 2.39. The maximum absolute atomic E-state index is 14.6. The molecule has 0 aliphatic carbocycles. The van der Waals surface area contributed by atoms with Gasteiger partial charge in [0.05, 0.1) is 39.1 Å². The molecular formula is C30H24ClF10N5O3S. The minimum absolute atomic E-state index is 0.0595. The number of carbonyl (C=O) groups excluding carboxylic acids is 2. The van der Waals surface area contributed by atoms with Crippen LogP contribution >= 0.6 is 11.6 Å². The van der Waals surface area contributed by atoms with E-state index in [-0.39, 0.29) is 45.4 Å². The summed E-state index contributed by atoms with van der Waals surface area (Å²) < 4.78 is 148. The Hall–Kier alpha value is -4.26. The molecular weight excluding hydrogens is 736 g/mol. The molecule has 0 bridgehead atoms. The Labute approximate surface area is 283 Å². The highest BCUT2D eigenvalue weighted by Gasteiger charge is 2.74. The zero-order valence-corrected chi connectivity index (χ0v) is 27.3. The van der Waals surface area contributed by atoms with Crippen molar-refractivity contribution in [2.45, 2.75) is 50.6 Å². The van der Waals surface area contributed by atoms with Crippen molar-refractivity contribution in [3.8, 4) is 0 Å². The van der Waals surface area contributed by atoms with Gasteiger partial charge in [-0.3, -0.25) is 18.8 Å². The van der Waals surface area contributed by atoms with Crippen molar-refractivity contribution >= 4 is 50.9 Å². The van der Waals surface area contributed by atoms with Crippen LogP contribution in [0, 0.1) is 6.92 Å². The fourth-order valence-corrected chi connectivity index (χ4v) is 6.06. The standard InChI is InChI=1S/C30H24ClF10N5O3S/c1-14-9-16(7-8-19(14)44-24(47)17-5-4-6-18(31)23(17)25(48)43-15(2)13-50(3)49)12-46-21-11-42-22(10-20(21)45-26(46)28(33,34)35)27(32,29(36,37)38)30(39,40)41/h4-11,15H,12-13H2,1-3H3,(H,43,48)(H,44,47)/t15-,50?/m0/s1. The molecule has 2 atom stereocenters. The molecule has 2 aromatic carbocycles. The van der Waals surface area contributed by atoms with Crippen molar-refractivity contribution in [1.82, 2.24) is 19.9 Å². The summed E-state index contributed by atoms with van der Waals surface area (Å²) in [7, 11) is -1.23. The molecule has 0 aliphatic rings. The number of halogens is 11. The summed E-state index contributed by atoms with van der Waals surface area (Å²) in [5.41, 5.74) is -9.66. The molecule has 2 heterocycles. The van der Waals surface area contributed by atoms with E-state index < -0.39 is 81.9 Å². The van der Waals surface area contributed by atoms with Gasteiger partial charge >= 0.3 is 24.2 Å². The van der Waals surface area contributed by atoms with Crippen molar-refractivity contribution in [2.24, 2.45) is 0 Å². The van der Waals surface area contributed by atoms with Gasteiger partial charge in [-0.05, 0) is 49.2 Å². The summed E-state index contributed by atoms with van der Waals surface area (Å²) in [5, 5.41) is 5.13. The number of rotatable bonds is 9. The first-order valence-corrected chi connectivity index (χ1v) is 16.1. The first kappa shape index (κ1) is 38.5. The van der Waals surface area contributed by atoms with Crippen molar-refractivity contribution < 1.29 is 57.7 Å². The molecule has 0 fully saturated rings. The molecule has 50 heavy (non-hydrogen) atoms. The second kappa shape index (κ2) is 13.8. The number of alkyl halides is 10. The number of amides is 2. The number of imidazole rings is 1. The van der Waals surface area contributed by atoms with Crippen LogP contribution in [-0.4, -0.2) is 61.0 Å². The Bertz CT molecular complexity index is 1960. The van der Waals surface area contributed by atoms with E-state index in [1.54, 1.807) is 6.92 Å². The Morgan fingerprint density at radius 2 is 1.60 bits per heavy atom. The van der Waals surface area contributed by atoms with Crippen LogP contribution < -0.4 is 10.6 Å². The average Bonchev–Trinajstić information content (AvgIpc) is 3.34. The predicted octanol–water partition coefficient (Wildman–Crippen LogP) is 7.50. The smallest absolute Gasteiger partial charge is 0.349 e. The third kappa shape index (κ3) is 7.72. The fourth-order valence-electron chi connectivity index (χ4n) is 5.01. The maximum atomic E-state index is 14.6. The van der Waals surface area contributed by atoms with Crippen molar-refractivity contribution in [3.63, 3.8) is 0 Å². The van der Waals surface area contributed by atoms with Crippen LogP contribution in [0.15, 0.2) is 48.7 Å². The van der Waals surface area contributed by atoms with Crippen LogP contribution in [0.1, 0.15) is 50.3 Å². The van der Waals surface area contributed by atoms with Gasteiger partial charge in [-0.25, -0.2) is 9.37 Å². The number of hydrogen-bond acceptors (Lipinski definition) is 5. The van der Waals surface area contributed by atoms with Crippen LogP contribution in [0.4, 0.5) is 49.6 Å². The van der Waals surface area contributed by atoms with Crippen LogP contribution in [0.5, 0.6) is 0 Å². The molecule has 0 aliphatic heterocycles. The number of aryl methyl sites for hydroxylation is 1. The monoisotopic (exact) mass is 759 g/mol.